The van der Waals surface area contributed by atoms with E-state index in [9.17, 15) is 0 Å². The molecule has 0 saturated carbocycles. The van der Waals surface area contributed by atoms with Gasteiger partial charge in [0.15, 0.2) is 0 Å². The van der Waals surface area contributed by atoms with Gasteiger partial charge in [-0.25, -0.2) is 0 Å². The molecule has 2 nitrogen and oxygen atoms in total. The number of hydrogen-bond donors (Lipinski definition) is 1. The van der Waals surface area contributed by atoms with E-state index in [2.05, 4.69) is 17.6 Å². The van der Waals surface area contributed by atoms with Crippen molar-refractivity contribution in [1.29, 1.82) is 0 Å². The third-order valence-electron chi connectivity index (χ3n) is 1.60. The first kappa shape index (κ1) is 9.39. The van der Waals surface area contributed by atoms with Crippen LogP contribution >= 0.6 is 12.6 Å². The number of methoxy groups -OCH3 is 1. The number of nitrogens with zero attached hydrogens (tertiary/aromatic N) is 1. The molecule has 1 rings (SSSR count). The maximum Gasteiger partial charge on any atom is 0.137 e. The second-order valence-corrected chi connectivity index (χ2v) is 4.26. The van der Waals surface area contributed by atoms with E-state index >= 15 is 0 Å². The van der Waals surface area contributed by atoms with Crippen LogP contribution in [-0.2, 0) is 4.75 Å². The van der Waals surface area contributed by atoms with Gasteiger partial charge in [-0.2, -0.15) is 12.6 Å². The van der Waals surface area contributed by atoms with Crippen LogP contribution in [0.25, 0.3) is 0 Å². The second kappa shape index (κ2) is 3.35. The molecule has 0 aromatic carbocycles. The zero-order chi connectivity index (χ0) is 9.19. The Hall–Kier alpha value is -0.700. The molecule has 0 bridgehead atoms. The van der Waals surface area contributed by atoms with Crippen LogP contribution in [0.3, 0.4) is 0 Å². The first-order valence-electron chi connectivity index (χ1n) is 3.77. The molecule has 0 radical (unpaired) electrons. The summed E-state index contributed by atoms with van der Waals surface area (Å²) in [4.78, 5) is 4.22. The number of hydrogen-bond acceptors (Lipinski definition) is 3. The van der Waals surface area contributed by atoms with E-state index in [1.165, 1.54) is 0 Å². The minimum atomic E-state index is -0.188. The van der Waals surface area contributed by atoms with Crippen LogP contribution in [0.5, 0.6) is 5.75 Å². The van der Waals surface area contributed by atoms with Crippen molar-refractivity contribution in [3.05, 3.63) is 24.0 Å². The van der Waals surface area contributed by atoms with E-state index < -0.39 is 0 Å². The minimum Gasteiger partial charge on any atom is -0.495 e. The highest BCUT2D eigenvalue weighted by molar-refractivity contribution is 7.81. The van der Waals surface area contributed by atoms with Crippen molar-refractivity contribution in [3.63, 3.8) is 0 Å². The molecule has 0 fully saturated rings. The summed E-state index contributed by atoms with van der Waals surface area (Å²) in [7, 11) is 1.63. The lowest BCUT2D eigenvalue weighted by molar-refractivity contribution is 0.412. The predicted molar refractivity (Wildman–Crippen MR) is 52.8 cm³/mol. The van der Waals surface area contributed by atoms with Crippen LogP contribution in [0.1, 0.15) is 19.5 Å². The fourth-order valence-electron chi connectivity index (χ4n) is 0.863. The summed E-state index contributed by atoms with van der Waals surface area (Å²) in [5.41, 5.74) is 0.951. The van der Waals surface area contributed by atoms with Crippen molar-refractivity contribution in [2.45, 2.75) is 18.6 Å². The third-order valence-corrected chi connectivity index (χ3v) is 1.83. The Morgan fingerprint density at radius 2 is 2.08 bits per heavy atom. The van der Waals surface area contributed by atoms with Gasteiger partial charge in [0.2, 0.25) is 0 Å². The monoisotopic (exact) mass is 183 g/mol. The topological polar surface area (TPSA) is 22.1 Å². The van der Waals surface area contributed by atoms with Crippen LogP contribution in [0.2, 0.25) is 0 Å². The summed E-state index contributed by atoms with van der Waals surface area (Å²) in [5.74, 6) is 0.774. The van der Waals surface area contributed by atoms with E-state index in [0.717, 1.165) is 11.4 Å². The van der Waals surface area contributed by atoms with E-state index in [1.54, 1.807) is 13.3 Å². The van der Waals surface area contributed by atoms with Gasteiger partial charge in [0, 0.05) is 4.75 Å². The molecule has 1 heterocycles. The summed E-state index contributed by atoms with van der Waals surface area (Å²) in [6, 6.07) is 3.81. The molecule has 1 aromatic rings. The van der Waals surface area contributed by atoms with Gasteiger partial charge in [0.05, 0.1) is 19.0 Å². The van der Waals surface area contributed by atoms with Crippen LogP contribution in [0.15, 0.2) is 18.3 Å². The number of ether oxygens (including phenoxy) is 1. The highest BCUT2D eigenvalue weighted by atomic mass is 32.1. The van der Waals surface area contributed by atoms with Gasteiger partial charge < -0.3 is 4.74 Å². The quantitative estimate of drug-likeness (QED) is 0.710. The molecule has 1 aromatic heterocycles. The molecule has 0 saturated heterocycles. The van der Waals surface area contributed by atoms with Crippen molar-refractivity contribution >= 4 is 12.6 Å². The van der Waals surface area contributed by atoms with Crippen LogP contribution in [0, 0.1) is 0 Å². The Bertz CT molecular complexity index is 250. The Kier molecular flexibility index (Phi) is 2.62. The lowest BCUT2D eigenvalue weighted by Gasteiger charge is -2.16. The summed E-state index contributed by atoms with van der Waals surface area (Å²) in [6.45, 7) is 4.01. The third kappa shape index (κ3) is 2.14. The maximum absolute atomic E-state index is 4.99. The number of pyridine rings is 1. The summed E-state index contributed by atoms with van der Waals surface area (Å²) in [6.07, 6.45) is 1.70. The number of rotatable bonds is 2. The molecule has 0 aliphatic rings. The van der Waals surface area contributed by atoms with E-state index in [4.69, 9.17) is 4.74 Å². The average Bonchev–Trinajstić information content (AvgIpc) is 2.03. The first-order chi connectivity index (χ1) is 5.54. The van der Waals surface area contributed by atoms with Gasteiger partial charge in [-0.05, 0) is 26.0 Å². The smallest absolute Gasteiger partial charge is 0.137 e. The fraction of sp³-hybridized carbons (Fsp3) is 0.444. The van der Waals surface area contributed by atoms with Gasteiger partial charge in [-0.3, -0.25) is 4.98 Å². The molecular weight excluding hydrogens is 170 g/mol. The fourth-order valence-corrected chi connectivity index (χ4v) is 0.995. The van der Waals surface area contributed by atoms with Crippen molar-refractivity contribution in [2.75, 3.05) is 7.11 Å². The predicted octanol–water partition coefficient (Wildman–Crippen LogP) is 2.26. The molecule has 0 amide bonds. The molecule has 12 heavy (non-hydrogen) atoms. The molecule has 66 valence electrons. The zero-order valence-corrected chi connectivity index (χ0v) is 8.43. The highest BCUT2D eigenvalue weighted by Gasteiger charge is 2.15. The van der Waals surface area contributed by atoms with Gasteiger partial charge in [-0.15, -0.1) is 0 Å². The van der Waals surface area contributed by atoms with Crippen molar-refractivity contribution in [1.82, 2.24) is 4.98 Å². The average molecular weight is 183 g/mol. The lowest BCUT2D eigenvalue weighted by atomic mass is 10.1. The lowest BCUT2D eigenvalue weighted by Crippen LogP contribution is -2.09. The Morgan fingerprint density at radius 3 is 2.42 bits per heavy atom. The maximum atomic E-state index is 4.99. The van der Waals surface area contributed by atoms with Gasteiger partial charge >= 0.3 is 0 Å². The highest BCUT2D eigenvalue weighted by Crippen LogP contribution is 2.25. The Balaban J connectivity index is 2.93. The van der Waals surface area contributed by atoms with E-state index in [1.807, 2.05) is 26.0 Å². The minimum absolute atomic E-state index is 0.188. The number of aromatic nitrogens is 1. The van der Waals surface area contributed by atoms with Crippen LogP contribution < -0.4 is 4.74 Å². The molecule has 0 aliphatic heterocycles. The van der Waals surface area contributed by atoms with Gasteiger partial charge in [0.25, 0.3) is 0 Å². The molecular formula is C9H13NOS. The van der Waals surface area contributed by atoms with Crippen LogP contribution in [-0.4, -0.2) is 12.1 Å². The van der Waals surface area contributed by atoms with Crippen molar-refractivity contribution in [3.8, 4) is 5.75 Å². The van der Waals surface area contributed by atoms with Crippen molar-refractivity contribution < 1.29 is 4.74 Å². The SMILES string of the molecule is COc1ccc(C(C)(C)S)nc1. The molecule has 3 heteroatoms. The summed E-state index contributed by atoms with van der Waals surface area (Å²) < 4.78 is 4.81. The molecule has 0 atom stereocenters. The summed E-state index contributed by atoms with van der Waals surface area (Å²) in [5, 5.41) is 0. The summed E-state index contributed by atoms with van der Waals surface area (Å²) >= 11 is 4.40. The first-order valence-corrected chi connectivity index (χ1v) is 4.21. The number of thiol groups is 1. The van der Waals surface area contributed by atoms with Crippen LogP contribution in [0.4, 0.5) is 0 Å². The van der Waals surface area contributed by atoms with Crippen molar-refractivity contribution in [2.24, 2.45) is 0 Å². The second-order valence-electron chi connectivity index (χ2n) is 3.14. The Labute approximate surface area is 78.4 Å². The zero-order valence-electron chi connectivity index (χ0n) is 7.53. The normalized spacial score (nSPS) is 11.3. The van der Waals surface area contributed by atoms with E-state index in [-0.39, 0.29) is 4.75 Å². The van der Waals surface area contributed by atoms with Gasteiger partial charge in [0.1, 0.15) is 5.75 Å². The largest absolute Gasteiger partial charge is 0.495 e. The molecule has 0 spiro atoms. The van der Waals surface area contributed by atoms with E-state index in [0.29, 0.717) is 0 Å². The molecule has 0 aliphatic carbocycles. The molecule has 0 N–H and O–H groups in total. The molecule has 0 unspecified atom stereocenters. The standard InChI is InChI=1S/C9H13NOS/c1-9(2,12)8-5-4-7(11-3)6-10-8/h4-6,12H,1-3H3. The Morgan fingerprint density at radius 1 is 1.42 bits per heavy atom. The van der Waals surface area contributed by atoms with Gasteiger partial charge in [-0.1, -0.05) is 0 Å².